The number of nitrogens with zero attached hydrogens (tertiary/aromatic N) is 1. The minimum Gasteiger partial charge on any atom is -0.420 e. The van der Waals surface area contributed by atoms with Gasteiger partial charge in [-0.3, -0.25) is 14.9 Å². The van der Waals surface area contributed by atoms with E-state index in [-0.39, 0.29) is 6.42 Å². The molecule has 1 aromatic carbocycles. The molecule has 6 nitrogen and oxygen atoms in total. The Balaban J connectivity index is 2.35. The maximum absolute atomic E-state index is 11.3. The fraction of sp³-hybridized carbons (Fsp3) is 0.250. The number of rotatable bonds is 3. The van der Waals surface area contributed by atoms with Gasteiger partial charge in [0, 0.05) is 12.0 Å². The first-order chi connectivity index (χ1) is 8.61. The normalized spacial score (nSPS) is 17.2. The van der Waals surface area contributed by atoms with Crippen LogP contribution >= 0.6 is 0 Å². The molecule has 94 valence electrons. The Hall–Kier alpha value is -2.37. The minimum absolute atomic E-state index is 0.180. The third kappa shape index (κ3) is 2.32. The minimum atomic E-state index is -1.06. The Morgan fingerprint density at radius 3 is 2.89 bits per heavy atom. The highest BCUT2D eigenvalue weighted by Gasteiger charge is 2.30. The molecule has 0 unspecified atom stereocenters. The molecule has 18 heavy (non-hydrogen) atoms. The van der Waals surface area contributed by atoms with Gasteiger partial charge >= 0.3 is 11.9 Å². The summed E-state index contributed by atoms with van der Waals surface area (Å²) in [5.74, 6) is -0.901. The Bertz CT molecular complexity index is 523. The second-order valence-corrected chi connectivity index (χ2v) is 3.66. The van der Waals surface area contributed by atoms with Gasteiger partial charge in [-0.2, -0.15) is 0 Å². The predicted molar refractivity (Wildman–Crippen MR) is 61.6 cm³/mol. The molecule has 1 atom stereocenters. The second kappa shape index (κ2) is 4.87. The lowest BCUT2D eigenvalue weighted by Crippen LogP contribution is -2.20. The SMILES string of the molecule is CCC(=O)O[C@H]1OC([N+](=O)[O-])=Cc2ccccc21. The van der Waals surface area contributed by atoms with Crippen LogP contribution in [-0.4, -0.2) is 10.9 Å². The predicted octanol–water partition coefficient (Wildman–Crippen LogP) is 2.24. The van der Waals surface area contributed by atoms with Crippen LogP contribution < -0.4 is 0 Å². The van der Waals surface area contributed by atoms with Gasteiger partial charge in [-0.1, -0.05) is 31.2 Å². The molecule has 0 fully saturated rings. The highest BCUT2D eigenvalue weighted by molar-refractivity contribution is 5.69. The standard InChI is InChI=1S/C12H11NO5/c1-2-11(14)18-12-9-6-4-3-5-8(9)7-10(17-12)13(15)16/h3-7,12H,2H2,1H3/t12-/m1/s1. The lowest BCUT2D eigenvalue weighted by molar-refractivity contribution is -0.472. The first kappa shape index (κ1) is 12.1. The van der Waals surface area contributed by atoms with Crippen LogP contribution in [0.5, 0.6) is 0 Å². The van der Waals surface area contributed by atoms with Crippen molar-refractivity contribution in [3.05, 3.63) is 51.4 Å². The van der Waals surface area contributed by atoms with E-state index in [4.69, 9.17) is 9.47 Å². The second-order valence-electron chi connectivity index (χ2n) is 3.66. The number of hydrogen-bond acceptors (Lipinski definition) is 5. The molecule has 0 saturated heterocycles. The summed E-state index contributed by atoms with van der Waals surface area (Å²) in [6, 6.07) is 6.90. The van der Waals surface area contributed by atoms with Crippen molar-refractivity contribution in [2.75, 3.05) is 0 Å². The van der Waals surface area contributed by atoms with Crippen molar-refractivity contribution in [1.29, 1.82) is 0 Å². The smallest absolute Gasteiger partial charge is 0.420 e. The summed E-state index contributed by atoms with van der Waals surface area (Å²) in [7, 11) is 0. The van der Waals surface area contributed by atoms with Gasteiger partial charge in [0.05, 0.1) is 6.08 Å². The highest BCUT2D eigenvalue weighted by atomic mass is 16.7. The van der Waals surface area contributed by atoms with Crippen molar-refractivity contribution in [1.82, 2.24) is 0 Å². The summed E-state index contributed by atoms with van der Waals surface area (Å²) >= 11 is 0. The van der Waals surface area contributed by atoms with Gasteiger partial charge in [-0.15, -0.1) is 0 Å². The van der Waals surface area contributed by atoms with Gasteiger partial charge in [0.2, 0.25) is 0 Å². The molecule has 1 aromatic rings. The monoisotopic (exact) mass is 249 g/mol. The van der Waals surface area contributed by atoms with Crippen LogP contribution in [0.1, 0.15) is 30.8 Å². The zero-order valence-corrected chi connectivity index (χ0v) is 9.66. The molecule has 0 radical (unpaired) electrons. The van der Waals surface area contributed by atoms with E-state index in [1.54, 1.807) is 31.2 Å². The third-order valence-electron chi connectivity index (χ3n) is 2.46. The zero-order valence-electron chi connectivity index (χ0n) is 9.66. The van der Waals surface area contributed by atoms with E-state index in [2.05, 4.69) is 0 Å². The molecule has 1 aliphatic rings. The first-order valence-corrected chi connectivity index (χ1v) is 5.43. The Labute approximate surface area is 103 Å². The number of carbonyl (C=O) groups excluding carboxylic acids is 1. The van der Waals surface area contributed by atoms with Crippen molar-refractivity contribution in [2.24, 2.45) is 0 Å². The molecule has 1 heterocycles. The van der Waals surface area contributed by atoms with E-state index in [0.717, 1.165) is 0 Å². The number of hydrogen-bond donors (Lipinski definition) is 0. The molecule has 2 rings (SSSR count). The average molecular weight is 249 g/mol. The fourth-order valence-electron chi connectivity index (χ4n) is 1.58. The van der Waals surface area contributed by atoms with Gasteiger partial charge in [-0.25, -0.2) is 0 Å². The van der Waals surface area contributed by atoms with Gasteiger partial charge < -0.3 is 9.47 Å². The van der Waals surface area contributed by atoms with E-state index >= 15 is 0 Å². The van der Waals surface area contributed by atoms with Gasteiger partial charge in [-0.05, 0) is 5.56 Å². The lowest BCUT2D eigenvalue weighted by atomic mass is 10.1. The van der Waals surface area contributed by atoms with Crippen molar-refractivity contribution in [3.63, 3.8) is 0 Å². The van der Waals surface area contributed by atoms with Crippen LogP contribution in [-0.2, 0) is 14.3 Å². The molecule has 6 heteroatoms. The average Bonchev–Trinajstić information content (AvgIpc) is 2.38. The number of nitro groups is 1. The van der Waals surface area contributed by atoms with Crippen LogP contribution in [0.3, 0.4) is 0 Å². The van der Waals surface area contributed by atoms with Crippen LogP contribution in [0.4, 0.5) is 0 Å². The number of ether oxygens (including phenoxy) is 2. The van der Waals surface area contributed by atoms with Crippen molar-refractivity contribution < 1.29 is 19.2 Å². The molecule has 0 bridgehead atoms. The summed E-state index contributed by atoms with van der Waals surface area (Å²) in [5, 5.41) is 10.7. The zero-order chi connectivity index (χ0) is 13.1. The largest absolute Gasteiger partial charge is 0.431 e. The number of esters is 1. The maximum Gasteiger partial charge on any atom is 0.431 e. The molecule has 0 saturated carbocycles. The molecule has 0 aliphatic carbocycles. The number of benzene rings is 1. The Kier molecular flexibility index (Phi) is 3.27. The molecule has 0 aromatic heterocycles. The summed E-state index contributed by atoms with van der Waals surface area (Å²) in [6.07, 6.45) is 0.435. The summed E-state index contributed by atoms with van der Waals surface area (Å²) in [5.41, 5.74) is 1.22. The quantitative estimate of drug-likeness (QED) is 0.466. The topological polar surface area (TPSA) is 78.7 Å². The van der Waals surface area contributed by atoms with Crippen LogP contribution in [0, 0.1) is 10.1 Å². The van der Waals surface area contributed by atoms with E-state index < -0.39 is 23.1 Å². The van der Waals surface area contributed by atoms with Crippen LogP contribution in [0.25, 0.3) is 6.08 Å². The van der Waals surface area contributed by atoms with E-state index in [1.165, 1.54) is 6.08 Å². The van der Waals surface area contributed by atoms with E-state index in [0.29, 0.717) is 11.1 Å². The van der Waals surface area contributed by atoms with Crippen LogP contribution in [0.15, 0.2) is 30.1 Å². The third-order valence-corrected chi connectivity index (χ3v) is 2.46. The summed E-state index contributed by atoms with van der Waals surface area (Å²) in [6.45, 7) is 1.64. The lowest BCUT2D eigenvalue weighted by Gasteiger charge is -2.22. The van der Waals surface area contributed by atoms with E-state index in [1.807, 2.05) is 0 Å². The first-order valence-electron chi connectivity index (χ1n) is 5.43. The maximum atomic E-state index is 11.3. The Morgan fingerprint density at radius 1 is 1.50 bits per heavy atom. The molecule has 0 N–H and O–H groups in total. The molecule has 0 spiro atoms. The molecule has 0 amide bonds. The van der Waals surface area contributed by atoms with Gasteiger partial charge in [0.25, 0.3) is 6.29 Å². The Morgan fingerprint density at radius 2 is 2.22 bits per heavy atom. The number of carbonyl (C=O) groups is 1. The van der Waals surface area contributed by atoms with Crippen molar-refractivity contribution >= 4 is 12.0 Å². The molecule has 1 aliphatic heterocycles. The van der Waals surface area contributed by atoms with Gasteiger partial charge in [0.15, 0.2) is 0 Å². The summed E-state index contributed by atoms with van der Waals surface area (Å²) < 4.78 is 10.1. The summed E-state index contributed by atoms with van der Waals surface area (Å²) in [4.78, 5) is 21.4. The molecular weight excluding hydrogens is 238 g/mol. The highest BCUT2D eigenvalue weighted by Crippen LogP contribution is 2.32. The molecular formula is C12H11NO5. The van der Waals surface area contributed by atoms with Crippen LogP contribution in [0.2, 0.25) is 0 Å². The van der Waals surface area contributed by atoms with E-state index in [9.17, 15) is 14.9 Å². The van der Waals surface area contributed by atoms with Crippen molar-refractivity contribution in [2.45, 2.75) is 19.6 Å². The van der Waals surface area contributed by atoms with Crippen molar-refractivity contribution in [3.8, 4) is 0 Å². The fourth-order valence-corrected chi connectivity index (χ4v) is 1.58. The number of fused-ring (bicyclic) bond motifs is 1. The van der Waals surface area contributed by atoms with Gasteiger partial charge in [0.1, 0.15) is 4.92 Å².